The van der Waals surface area contributed by atoms with Gasteiger partial charge in [-0.2, -0.15) is 5.10 Å². The van der Waals surface area contributed by atoms with Crippen molar-refractivity contribution in [1.82, 2.24) is 9.78 Å². The first-order valence-electron chi connectivity index (χ1n) is 8.60. The summed E-state index contributed by atoms with van der Waals surface area (Å²) < 4.78 is 1.85. The van der Waals surface area contributed by atoms with Crippen LogP contribution in [-0.4, -0.2) is 20.9 Å². The van der Waals surface area contributed by atoms with Gasteiger partial charge in [-0.05, 0) is 67.7 Å². The van der Waals surface area contributed by atoms with Crippen LogP contribution in [0.2, 0.25) is 0 Å². The van der Waals surface area contributed by atoms with E-state index in [0.29, 0.717) is 5.92 Å². The minimum absolute atomic E-state index is 0.177. The number of fused-ring (bicyclic) bond motifs is 1. The van der Waals surface area contributed by atoms with E-state index in [1.807, 2.05) is 10.7 Å². The van der Waals surface area contributed by atoms with Gasteiger partial charge in [-0.3, -0.25) is 0 Å². The molecular weight excluding hydrogens is 300 g/mol. The summed E-state index contributed by atoms with van der Waals surface area (Å²) in [5.41, 5.74) is 5.76. The average molecular weight is 326 g/mol. The molecule has 128 valence electrons. The Labute approximate surface area is 143 Å². The van der Waals surface area contributed by atoms with Gasteiger partial charge in [-0.15, -0.1) is 0 Å². The molecule has 2 aromatic rings. The summed E-state index contributed by atoms with van der Waals surface area (Å²) in [6.45, 7) is 10.8. The van der Waals surface area contributed by atoms with E-state index in [9.17, 15) is 9.90 Å². The smallest absolute Gasteiger partial charge is 0.356 e. The van der Waals surface area contributed by atoms with Crippen LogP contribution in [0, 0.1) is 25.2 Å². The van der Waals surface area contributed by atoms with Crippen LogP contribution >= 0.6 is 0 Å². The van der Waals surface area contributed by atoms with Gasteiger partial charge in [0.2, 0.25) is 0 Å². The molecular formula is C20H26N2O2. The Balaban J connectivity index is 2.11. The molecule has 0 bridgehead atoms. The van der Waals surface area contributed by atoms with E-state index >= 15 is 0 Å². The van der Waals surface area contributed by atoms with Crippen molar-refractivity contribution in [2.24, 2.45) is 11.3 Å². The Morgan fingerprint density at radius 2 is 1.96 bits per heavy atom. The Bertz CT molecular complexity index is 797. The van der Waals surface area contributed by atoms with E-state index < -0.39 is 5.97 Å². The fourth-order valence-electron chi connectivity index (χ4n) is 3.60. The first-order valence-corrected chi connectivity index (χ1v) is 8.60. The van der Waals surface area contributed by atoms with E-state index in [0.717, 1.165) is 36.2 Å². The molecule has 4 nitrogen and oxygen atoms in total. The molecule has 1 atom stereocenters. The molecule has 3 rings (SSSR count). The molecule has 1 aromatic carbocycles. The number of rotatable bonds is 2. The summed E-state index contributed by atoms with van der Waals surface area (Å²) >= 11 is 0. The van der Waals surface area contributed by atoms with Gasteiger partial charge in [0.15, 0.2) is 5.69 Å². The number of carboxylic acid groups (broad SMARTS) is 1. The Morgan fingerprint density at radius 1 is 1.25 bits per heavy atom. The van der Waals surface area contributed by atoms with E-state index in [4.69, 9.17) is 0 Å². The third kappa shape index (κ3) is 2.85. The lowest BCUT2D eigenvalue weighted by molar-refractivity contribution is 0.0687. The molecule has 1 aliphatic rings. The number of carboxylic acids is 1. The van der Waals surface area contributed by atoms with Crippen molar-refractivity contribution in [1.29, 1.82) is 0 Å². The Kier molecular flexibility index (Phi) is 4.02. The van der Waals surface area contributed by atoms with Crippen LogP contribution in [-0.2, 0) is 12.8 Å². The summed E-state index contributed by atoms with van der Waals surface area (Å²) in [7, 11) is 0. The quantitative estimate of drug-likeness (QED) is 0.893. The lowest BCUT2D eigenvalue weighted by Crippen LogP contribution is -2.27. The SMILES string of the molecule is Cc1ccc(-n2nc(C(=O)O)c3c2CCC(C(C)(C)C)C3)cc1C. The fraction of sp³-hybridized carbons (Fsp3) is 0.500. The van der Waals surface area contributed by atoms with E-state index in [1.54, 1.807) is 0 Å². The van der Waals surface area contributed by atoms with E-state index in [1.165, 1.54) is 11.1 Å². The molecule has 0 spiro atoms. The molecule has 24 heavy (non-hydrogen) atoms. The lowest BCUT2D eigenvalue weighted by atomic mass is 9.71. The largest absolute Gasteiger partial charge is 0.476 e. The summed E-state index contributed by atoms with van der Waals surface area (Å²) in [6, 6.07) is 6.18. The van der Waals surface area contributed by atoms with Gasteiger partial charge < -0.3 is 5.11 Å². The molecule has 0 fully saturated rings. The number of hydrogen-bond acceptors (Lipinski definition) is 2. The number of hydrogen-bond donors (Lipinski definition) is 1. The topological polar surface area (TPSA) is 55.1 Å². The van der Waals surface area contributed by atoms with Crippen LogP contribution in [0.3, 0.4) is 0 Å². The minimum atomic E-state index is -0.927. The molecule has 1 N–H and O–H groups in total. The van der Waals surface area contributed by atoms with Gasteiger partial charge in [0, 0.05) is 11.3 Å². The summed E-state index contributed by atoms with van der Waals surface area (Å²) in [5.74, 6) is -0.441. The predicted octanol–water partition coefficient (Wildman–Crippen LogP) is 4.34. The van der Waals surface area contributed by atoms with Crippen molar-refractivity contribution >= 4 is 5.97 Å². The minimum Gasteiger partial charge on any atom is -0.476 e. The summed E-state index contributed by atoms with van der Waals surface area (Å²) in [4.78, 5) is 11.7. The summed E-state index contributed by atoms with van der Waals surface area (Å²) in [5, 5.41) is 14.1. The average Bonchev–Trinajstić information content (AvgIpc) is 2.88. The second-order valence-corrected chi connectivity index (χ2v) is 8.07. The third-order valence-corrected chi connectivity index (χ3v) is 5.43. The van der Waals surface area contributed by atoms with Gasteiger partial charge in [-0.25, -0.2) is 9.48 Å². The van der Waals surface area contributed by atoms with Crippen LogP contribution in [0.4, 0.5) is 0 Å². The monoisotopic (exact) mass is 326 g/mol. The molecule has 1 aliphatic carbocycles. The Morgan fingerprint density at radius 3 is 2.54 bits per heavy atom. The van der Waals surface area contributed by atoms with Crippen LogP contribution in [0.15, 0.2) is 18.2 Å². The first kappa shape index (κ1) is 16.7. The molecule has 0 radical (unpaired) electrons. The third-order valence-electron chi connectivity index (χ3n) is 5.43. The first-order chi connectivity index (χ1) is 11.2. The molecule has 0 saturated carbocycles. The van der Waals surface area contributed by atoms with Crippen LogP contribution in [0.1, 0.15) is 60.1 Å². The molecule has 0 saturated heterocycles. The van der Waals surface area contributed by atoms with Crippen molar-refractivity contribution in [3.8, 4) is 5.69 Å². The predicted molar refractivity (Wildman–Crippen MR) is 95.0 cm³/mol. The summed E-state index contributed by atoms with van der Waals surface area (Å²) in [6.07, 6.45) is 2.75. The number of nitrogens with zero attached hydrogens (tertiary/aromatic N) is 2. The van der Waals surface area contributed by atoms with Gasteiger partial charge in [0.05, 0.1) is 5.69 Å². The number of aromatic nitrogens is 2. The molecule has 4 heteroatoms. The number of aromatic carboxylic acids is 1. The number of aryl methyl sites for hydroxylation is 2. The van der Waals surface area contributed by atoms with Crippen LogP contribution < -0.4 is 0 Å². The molecule has 1 heterocycles. The molecule has 1 unspecified atom stereocenters. The van der Waals surface area contributed by atoms with Crippen LogP contribution in [0.25, 0.3) is 5.69 Å². The fourth-order valence-corrected chi connectivity index (χ4v) is 3.60. The van der Waals surface area contributed by atoms with Gasteiger partial charge in [0.1, 0.15) is 0 Å². The maximum absolute atomic E-state index is 11.7. The van der Waals surface area contributed by atoms with Gasteiger partial charge in [-0.1, -0.05) is 26.8 Å². The molecule has 0 amide bonds. The highest BCUT2D eigenvalue weighted by molar-refractivity contribution is 5.87. The zero-order valence-corrected chi connectivity index (χ0v) is 15.2. The zero-order chi connectivity index (χ0) is 17.6. The van der Waals surface area contributed by atoms with Crippen molar-refractivity contribution in [2.75, 3.05) is 0 Å². The van der Waals surface area contributed by atoms with Crippen LogP contribution in [0.5, 0.6) is 0 Å². The second-order valence-electron chi connectivity index (χ2n) is 8.07. The van der Waals surface area contributed by atoms with Crippen molar-refractivity contribution in [3.63, 3.8) is 0 Å². The zero-order valence-electron chi connectivity index (χ0n) is 15.2. The highest BCUT2D eigenvalue weighted by atomic mass is 16.4. The van der Waals surface area contributed by atoms with E-state index in [2.05, 4.69) is 51.9 Å². The molecule has 0 aliphatic heterocycles. The molecule has 1 aromatic heterocycles. The van der Waals surface area contributed by atoms with E-state index in [-0.39, 0.29) is 11.1 Å². The van der Waals surface area contributed by atoms with Gasteiger partial charge in [0.25, 0.3) is 0 Å². The lowest BCUT2D eigenvalue weighted by Gasteiger charge is -2.34. The van der Waals surface area contributed by atoms with Crippen molar-refractivity contribution in [3.05, 3.63) is 46.3 Å². The normalized spacial score (nSPS) is 17.6. The van der Waals surface area contributed by atoms with Crippen molar-refractivity contribution in [2.45, 2.75) is 53.9 Å². The highest BCUT2D eigenvalue weighted by Gasteiger charge is 2.34. The van der Waals surface area contributed by atoms with Crippen molar-refractivity contribution < 1.29 is 9.90 Å². The Hall–Kier alpha value is -2.10. The number of carbonyl (C=O) groups is 1. The van der Waals surface area contributed by atoms with Gasteiger partial charge >= 0.3 is 5.97 Å². The maximum Gasteiger partial charge on any atom is 0.356 e. The standard InChI is InChI=1S/C20H26N2O2/c1-12-6-8-15(10-13(12)2)22-17-9-7-14(20(3,4)5)11-16(17)18(21-22)19(23)24/h6,8,10,14H,7,9,11H2,1-5H3,(H,23,24). The number of benzene rings is 1. The maximum atomic E-state index is 11.7. The second kappa shape index (κ2) is 5.76. The highest BCUT2D eigenvalue weighted by Crippen LogP contribution is 2.39.